The maximum Gasteiger partial charge on any atom is 0.317 e. The summed E-state index contributed by atoms with van der Waals surface area (Å²) in [5.74, 6) is -11.9. The third-order valence-corrected chi connectivity index (χ3v) is 18.7. The molecule has 16 nitrogen and oxygen atoms in total. The largest absolute Gasteiger partial charge is 0.481 e. The highest BCUT2D eigenvalue weighted by molar-refractivity contribution is 7.58. The van der Waals surface area contributed by atoms with Gasteiger partial charge in [-0.25, -0.2) is 0 Å². The first-order chi connectivity index (χ1) is 33.0. The minimum atomic E-state index is -4.16. The van der Waals surface area contributed by atoms with E-state index in [1.165, 1.54) is 0 Å². The highest BCUT2D eigenvalue weighted by Gasteiger charge is 2.35. The van der Waals surface area contributed by atoms with E-state index in [-0.39, 0.29) is 42.7 Å². The Morgan fingerprint density at radius 2 is 0.814 bits per heavy atom. The van der Waals surface area contributed by atoms with Gasteiger partial charge in [-0.15, -0.1) is 0 Å². The van der Waals surface area contributed by atoms with Gasteiger partial charge in [0, 0.05) is 56.2 Å². The molecule has 5 N–H and O–H groups in total. The van der Waals surface area contributed by atoms with Gasteiger partial charge in [0.2, 0.25) is 22.1 Å². The zero-order chi connectivity index (χ0) is 51.9. The van der Waals surface area contributed by atoms with Gasteiger partial charge in [-0.2, -0.15) is 0 Å². The van der Waals surface area contributed by atoms with Crippen molar-refractivity contribution >= 4 is 57.9 Å². The monoisotopic (exact) mass is 1030 g/mol. The third-order valence-electron chi connectivity index (χ3n) is 12.7. The SMILES string of the molecule is CCC(CCP(=O)(O)CC(CCC(=O)OC(=O)CCC(CP(=O)(O)CCCC(C)c1ccccc1)C(=O)O)C(=O)OC(=O)CCC(CP(=O)(O)CCCC(C)c1ccccc1)C(=O)O)c1ccccc1. The molecule has 0 aliphatic heterocycles. The lowest BCUT2D eigenvalue weighted by atomic mass is 9.94. The van der Waals surface area contributed by atoms with Crippen LogP contribution in [0.15, 0.2) is 91.0 Å². The number of benzene rings is 3. The number of carboxylic acids is 2. The molecule has 0 aliphatic carbocycles. The standard InChI is InChI=1S/C51H71O16P3/c1-4-39(42-22-12-7-13-23-42)30-33-70(64,65)36-45(51(59)67-48(54)28-25-44(50(57)58)35-69(62,63)32-15-17-38(3)41-20-10-6-11-21-41)26-29-47(53)66-46(52)27-24-43(49(55)56)34-68(60,61)31-14-16-37(2)40-18-8-5-9-19-40/h5-13,18-23,37-39,43-45H,4,14-17,24-36H2,1-3H3,(H,55,56)(H,57,58)(H,60,61)(H,62,63)(H,64,65). The topological polar surface area (TPSA) is 273 Å². The predicted octanol–water partition coefficient (Wildman–Crippen LogP) is 10.0. The van der Waals surface area contributed by atoms with Crippen molar-refractivity contribution in [2.24, 2.45) is 17.8 Å². The van der Waals surface area contributed by atoms with Crippen molar-refractivity contribution in [2.75, 3.05) is 37.0 Å². The quantitative estimate of drug-likeness (QED) is 0.0216. The fourth-order valence-corrected chi connectivity index (χ4v) is 14.1. The van der Waals surface area contributed by atoms with Crippen molar-refractivity contribution in [3.63, 3.8) is 0 Å². The molecule has 3 aromatic rings. The summed E-state index contributed by atoms with van der Waals surface area (Å²) in [6.45, 7) is 5.88. The van der Waals surface area contributed by atoms with E-state index in [4.69, 9.17) is 9.47 Å². The summed E-state index contributed by atoms with van der Waals surface area (Å²) in [6.07, 6.45) is -2.90. The average Bonchev–Trinajstić information content (AvgIpc) is 3.31. The summed E-state index contributed by atoms with van der Waals surface area (Å²) in [5, 5.41) is 19.6. The Bertz CT molecular complexity index is 2290. The molecule has 3 rings (SSSR count). The van der Waals surface area contributed by atoms with Crippen LogP contribution in [-0.2, 0) is 51.9 Å². The maximum atomic E-state index is 13.6. The first-order valence-electron chi connectivity index (χ1n) is 24.0. The van der Waals surface area contributed by atoms with Crippen molar-refractivity contribution in [2.45, 2.75) is 116 Å². The van der Waals surface area contributed by atoms with Crippen LogP contribution in [0.3, 0.4) is 0 Å². The molecule has 9 atom stereocenters. The van der Waals surface area contributed by atoms with Crippen molar-refractivity contribution in [3.8, 4) is 0 Å². The molecule has 386 valence electrons. The van der Waals surface area contributed by atoms with Crippen LogP contribution in [-0.4, -0.2) is 97.7 Å². The van der Waals surface area contributed by atoms with E-state index in [0.29, 0.717) is 32.1 Å². The number of aliphatic carboxylic acids is 2. The molecule has 0 bridgehead atoms. The normalized spacial score (nSPS) is 16.7. The molecule has 0 aliphatic rings. The molecule has 0 saturated carbocycles. The van der Waals surface area contributed by atoms with Gasteiger partial charge < -0.3 is 34.4 Å². The predicted molar refractivity (Wildman–Crippen MR) is 267 cm³/mol. The summed E-state index contributed by atoms with van der Waals surface area (Å²) < 4.78 is 49.6. The van der Waals surface area contributed by atoms with E-state index in [1.807, 2.05) is 112 Å². The molecule has 9 unspecified atom stereocenters. The van der Waals surface area contributed by atoms with Gasteiger partial charge in [-0.3, -0.25) is 42.5 Å². The van der Waals surface area contributed by atoms with Crippen LogP contribution in [0.2, 0.25) is 0 Å². The first-order valence-corrected chi connectivity index (χ1v) is 30.1. The van der Waals surface area contributed by atoms with Gasteiger partial charge >= 0.3 is 35.8 Å². The second-order valence-corrected chi connectivity index (χ2v) is 26.0. The van der Waals surface area contributed by atoms with Crippen molar-refractivity contribution in [1.29, 1.82) is 0 Å². The zero-order valence-electron chi connectivity index (χ0n) is 40.4. The van der Waals surface area contributed by atoms with Crippen LogP contribution in [0.25, 0.3) is 0 Å². The van der Waals surface area contributed by atoms with Crippen molar-refractivity contribution < 1.29 is 76.8 Å². The molecule has 0 fully saturated rings. The summed E-state index contributed by atoms with van der Waals surface area (Å²) in [6, 6.07) is 28.4. The number of carbonyl (C=O) groups is 6. The number of ether oxygens (including phenoxy) is 2. The summed E-state index contributed by atoms with van der Waals surface area (Å²) in [4.78, 5) is 109. The van der Waals surface area contributed by atoms with Crippen molar-refractivity contribution in [3.05, 3.63) is 108 Å². The number of rotatable bonds is 33. The smallest absolute Gasteiger partial charge is 0.317 e. The summed E-state index contributed by atoms with van der Waals surface area (Å²) in [7, 11) is -12.0. The number of hydrogen-bond acceptors (Lipinski definition) is 11. The Morgan fingerprint density at radius 1 is 0.471 bits per heavy atom. The van der Waals surface area contributed by atoms with Crippen LogP contribution in [0.5, 0.6) is 0 Å². The Labute approximate surface area is 411 Å². The van der Waals surface area contributed by atoms with E-state index in [0.717, 1.165) is 16.7 Å². The second-order valence-electron chi connectivity index (χ2n) is 18.5. The fourth-order valence-electron chi connectivity index (χ4n) is 8.40. The fraction of sp³-hybridized carbons (Fsp3) is 0.529. The molecule has 0 aromatic heterocycles. The molecule has 70 heavy (non-hydrogen) atoms. The Balaban J connectivity index is 1.60. The Hall–Kier alpha value is -4.55. The third kappa shape index (κ3) is 23.1. The van der Waals surface area contributed by atoms with E-state index in [1.54, 1.807) is 0 Å². The Morgan fingerprint density at radius 3 is 1.20 bits per heavy atom. The van der Waals surface area contributed by atoms with E-state index in [9.17, 15) is 67.4 Å². The molecule has 0 saturated heterocycles. The lowest BCUT2D eigenvalue weighted by molar-refractivity contribution is -0.162. The molecule has 0 heterocycles. The Kier molecular flexibility index (Phi) is 25.4. The number of hydrogen-bond donors (Lipinski definition) is 5. The number of carboxylic acid groups (broad SMARTS) is 2. The zero-order valence-corrected chi connectivity index (χ0v) is 43.1. The minimum Gasteiger partial charge on any atom is -0.481 e. The first kappa shape index (κ1) is 59.8. The summed E-state index contributed by atoms with van der Waals surface area (Å²) >= 11 is 0. The highest BCUT2D eigenvalue weighted by Crippen LogP contribution is 2.48. The molecule has 3 aromatic carbocycles. The van der Waals surface area contributed by atoms with Gasteiger partial charge in [-0.1, -0.05) is 112 Å². The van der Waals surface area contributed by atoms with Crippen LogP contribution in [0.1, 0.15) is 132 Å². The van der Waals surface area contributed by atoms with Gasteiger partial charge in [0.1, 0.15) is 0 Å². The lowest BCUT2D eigenvalue weighted by Crippen LogP contribution is -2.27. The molecule has 19 heteroatoms. The van der Waals surface area contributed by atoms with Gasteiger partial charge in [0.05, 0.1) is 17.8 Å². The number of esters is 4. The van der Waals surface area contributed by atoms with Crippen LogP contribution >= 0.6 is 22.1 Å². The van der Waals surface area contributed by atoms with Gasteiger partial charge in [-0.05, 0) is 92.2 Å². The van der Waals surface area contributed by atoms with Crippen molar-refractivity contribution in [1.82, 2.24) is 0 Å². The minimum absolute atomic E-state index is 0.0947. The van der Waals surface area contributed by atoms with Crippen LogP contribution in [0, 0.1) is 17.8 Å². The highest BCUT2D eigenvalue weighted by atomic mass is 31.2. The van der Waals surface area contributed by atoms with Gasteiger partial charge in [0.15, 0.2) is 0 Å². The van der Waals surface area contributed by atoms with E-state index < -0.39 is 133 Å². The van der Waals surface area contributed by atoms with E-state index >= 15 is 0 Å². The lowest BCUT2D eigenvalue weighted by Gasteiger charge is -2.21. The molecule has 0 radical (unpaired) electrons. The number of carbonyl (C=O) groups excluding carboxylic acids is 4. The van der Waals surface area contributed by atoms with E-state index in [2.05, 4.69) is 0 Å². The molecule has 0 spiro atoms. The van der Waals surface area contributed by atoms with Crippen LogP contribution in [0.4, 0.5) is 0 Å². The summed E-state index contributed by atoms with van der Waals surface area (Å²) in [5.41, 5.74) is 3.07. The second kappa shape index (κ2) is 29.7. The maximum absolute atomic E-state index is 13.6. The molecular formula is C51H71O16P3. The molecule has 0 amide bonds. The average molecular weight is 1030 g/mol. The van der Waals surface area contributed by atoms with Gasteiger partial charge in [0.25, 0.3) is 0 Å². The van der Waals surface area contributed by atoms with Crippen LogP contribution < -0.4 is 0 Å². The molecular weight excluding hydrogens is 961 g/mol.